The summed E-state index contributed by atoms with van der Waals surface area (Å²) >= 11 is 1.68. The van der Waals surface area contributed by atoms with Gasteiger partial charge in [0.15, 0.2) is 5.09 Å². The Morgan fingerprint density at radius 1 is 0.846 bits per heavy atom. The highest BCUT2D eigenvalue weighted by molar-refractivity contribution is 8.11. The van der Waals surface area contributed by atoms with E-state index in [1.807, 2.05) is 25.1 Å². The standard InChI is InChI=1S/C22H18N2OS/c1-13-14(2)26-22(25-13)18-6-5-16-7-19-9-17(21(11-23)12-24)4-3-15(19)8-20(16)10-18/h3-12,23-24H,1-2H3/b21-17?,22-18+,23-11?,24-12?. The highest BCUT2D eigenvalue weighted by Gasteiger charge is 2.15. The number of ether oxygens (including phenoxy) is 1. The summed E-state index contributed by atoms with van der Waals surface area (Å²) in [5.41, 5.74) is 0.604. The molecule has 0 bridgehead atoms. The molecule has 3 aromatic carbocycles. The smallest absolute Gasteiger partial charge is 0.172 e. The molecule has 0 aromatic heterocycles. The summed E-state index contributed by atoms with van der Waals surface area (Å²) in [6.45, 7) is 4.07. The largest absolute Gasteiger partial charge is 0.453 e. The van der Waals surface area contributed by atoms with E-state index < -0.39 is 0 Å². The molecule has 3 aromatic rings. The van der Waals surface area contributed by atoms with Crippen LogP contribution in [0.15, 0.2) is 59.2 Å². The Morgan fingerprint density at radius 3 is 2.12 bits per heavy atom. The van der Waals surface area contributed by atoms with Gasteiger partial charge in [-0.05, 0) is 64.9 Å². The fourth-order valence-electron chi connectivity index (χ4n) is 3.07. The first-order valence-electron chi connectivity index (χ1n) is 8.35. The number of hydrogen-bond acceptors (Lipinski definition) is 4. The molecule has 128 valence electrons. The zero-order chi connectivity index (χ0) is 18.3. The maximum atomic E-state index is 7.44. The van der Waals surface area contributed by atoms with Crippen molar-refractivity contribution in [2.75, 3.05) is 0 Å². The van der Waals surface area contributed by atoms with Crippen LogP contribution in [-0.2, 0) is 4.74 Å². The van der Waals surface area contributed by atoms with Gasteiger partial charge in [-0.1, -0.05) is 36.0 Å². The zero-order valence-electron chi connectivity index (χ0n) is 14.6. The lowest BCUT2D eigenvalue weighted by atomic mass is 10.0. The van der Waals surface area contributed by atoms with Gasteiger partial charge >= 0.3 is 0 Å². The van der Waals surface area contributed by atoms with Crippen LogP contribution in [0.25, 0.3) is 32.2 Å². The summed E-state index contributed by atoms with van der Waals surface area (Å²) in [7, 11) is 0. The van der Waals surface area contributed by atoms with E-state index in [1.165, 1.54) is 22.7 Å². The van der Waals surface area contributed by atoms with Crippen molar-refractivity contribution in [3.63, 3.8) is 0 Å². The molecule has 0 aliphatic carbocycles. The molecule has 0 spiro atoms. The monoisotopic (exact) mass is 358 g/mol. The molecular weight excluding hydrogens is 340 g/mol. The maximum Gasteiger partial charge on any atom is 0.172 e. The van der Waals surface area contributed by atoms with Crippen LogP contribution >= 0.6 is 11.8 Å². The quantitative estimate of drug-likeness (QED) is 0.522. The van der Waals surface area contributed by atoms with E-state index in [0.29, 0.717) is 5.57 Å². The van der Waals surface area contributed by atoms with Gasteiger partial charge in [0, 0.05) is 28.1 Å². The summed E-state index contributed by atoms with van der Waals surface area (Å²) in [6.07, 6.45) is 2.44. The summed E-state index contributed by atoms with van der Waals surface area (Å²) in [6, 6.07) is 16.8. The molecule has 4 heteroatoms. The van der Waals surface area contributed by atoms with Crippen LogP contribution < -0.4 is 10.4 Å². The predicted octanol–water partition coefficient (Wildman–Crippen LogP) is 4.52. The Hall–Kier alpha value is -2.85. The molecule has 1 aliphatic rings. The number of benzene rings is 3. The molecule has 1 heterocycles. The van der Waals surface area contributed by atoms with Gasteiger partial charge in [-0.2, -0.15) is 0 Å². The summed E-state index contributed by atoms with van der Waals surface area (Å²) in [4.78, 5) is 1.20. The fourth-order valence-corrected chi connectivity index (χ4v) is 3.95. The first-order chi connectivity index (χ1) is 12.6. The van der Waals surface area contributed by atoms with E-state index in [9.17, 15) is 0 Å². The third kappa shape index (κ3) is 2.82. The van der Waals surface area contributed by atoms with E-state index in [0.717, 1.165) is 37.4 Å². The lowest BCUT2D eigenvalue weighted by Crippen LogP contribution is -2.07. The van der Waals surface area contributed by atoms with Crippen LogP contribution in [0.4, 0.5) is 0 Å². The van der Waals surface area contributed by atoms with Crippen molar-refractivity contribution in [2.45, 2.75) is 13.8 Å². The average Bonchev–Trinajstić information content (AvgIpc) is 2.99. The SMILES string of the molecule is CC1=C(C)S/C(=c2\ccc3cc4cc(=C(C=N)C=N)ccc4cc3c2)O1. The normalized spacial score (nSPS) is 16.1. The van der Waals surface area contributed by atoms with E-state index in [2.05, 4.69) is 37.3 Å². The fraction of sp³-hybridized carbons (Fsp3) is 0.0909. The maximum absolute atomic E-state index is 7.44. The number of thioether (sulfide) groups is 1. The van der Waals surface area contributed by atoms with E-state index in [-0.39, 0.29) is 0 Å². The Balaban J connectivity index is 1.91. The molecule has 0 unspecified atom stereocenters. The van der Waals surface area contributed by atoms with Crippen molar-refractivity contribution >= 4 is 56.4 Å². The lowest BCUT2D eigenvalue weighted by molar-refractivity contribution is 0.401. The molecule has 0 fully saturated rings. The summed E-state index contributed by atoms with van der Waals surface area (Å²) in [5, 5.41) is 22.4. The Kier molecular flexibility index (Phi) is 4.13. The number of fused-ring (bicyclic) bond motifs is 2. The average molecular weight is 358 g/mol. The van der Waals surface area contributed by atoms with Crippen LogP contribution in [0, 0.1) is 10.8 Å². The van der Waals surface area contributed by atoms with Gasteiger partial charge in [0.05, 0.1) is 0 Å². The lowest BCUT2D eigenvalue weighted by Gasteiger charge is -2.05. The molecule has 2 N–H and O–H groups in total. The van der Waals surface area contributed by atoms with Crippen LogP contribution in [0.3, 0.4) is 0 Å². The number of hydrogen-bond donors (Lipinski definition) is 2. The van der Waals surface area contributed by atoms with Gasteiger partial charge in [0.25, 0.3) is 0 Å². The summed E-state index contributed by atoms with van der Waals surface area (Å²) < 4.78 is 5.88. The van der Waals surface area contributed by atoms with Crippen molar-refractivity contribution in [2.24, 2.45) is 0 Å². The first kappa shape index (κ1) is 16.6. The van der Waals surface area contributed by atoms with E-state index in [1.54, 1.807) is 11.8 Å². The topological polar surface area (TPSA) is 56.9 Å². The van der Waals surface area contributed by atoms with E-state index in [4.69, 9.17) is 15.6 Å². The highest BCUT2D eigenvalue weighted by atomic mass is 32.2. The molecule has 26 heavy (non-hydrogen) atoms. The van der Waals surface area contributed by atoms with Crippen LogP contribution in [0.5, 0.6) is 0 Å². The molecule has 0 amide bonds. The van der Waals surface area contributed by atoms with Gasteiger partial charge < -0.3 is 15.6 Å². The molecule has 0 radical (unpaired) electrons. The van der Waals surface area contributed by atoms with Gasteiger partial charge in [0.2, 0.25) is 0 Å². The van der Waals surface area contributed by atoms with Gasteiger partial charge in [-0.25, -0.2) is 0 Å². The molecular formula is C22H18N2OS. The highest BCUT2D eigenvalue weighted by Crippen LogP contribution is 2.38. The molecule has 0 atom stereocenters. The minimum atomic E-state index is 0.604. The molecule has 4 rings (SSSR count). The second-order valence-corrected chi connectivity index (χ2v) is 7.51. The Bertz CT molecular complexity index is 1210. The summed E-state index contributed by atoms with van der Waals surface area (Å²) in [5.74, 6) is 0.973. The minimum Gasteiger partial charge on any atom is -0.453 e. The zero-order valence-corrected chi connectivity index (χ0v) is 15.4. The van der Waals surface area contributed by atoms with Gasteiger partial charge in [0.1, 0.15) is 5.76 Å². The van der Waals surface area contributed by atoms with Crippen molar-refractivity contribution < 1.29 is 4.74 Å². The van der Waals surface area contributed by atoms with Crippen molar-refractivity contribution in [3.8, 4) is 0 Å². The third-order valence-corrected chi connectivity index (χ3v) is 5.76. The van der Waals surface area contributed by atoms with Gasteiger partial charge in [-0.3, -0.25) is 0 Å². The molecule has 0 saturated heterocycles. The minimum absolute atomic E-state index is 0.604. The number of rotatable bonds is 2. The molecule has 1 aliphatic heterocycles. The van der Waals surface area contributed by atoms with Crippen molar-refractivity contribution in [1.29, 1.82) is 10.8 Å². The Morgan fingerprint density at radius 2 is 1.50 bits per heavy atom. The first-order valence-corrected chi connectivity index (χ1v) is 9.17. The van der Waals surface area contributed by atoms with Gasteiger partial charge in [-0.15, -0.1) is 0 Å². The predicted molar refractivity (Wildman–Crippen MR) is 112 cm³/mol. The van der Waals surface area contributed by atoms with Crippen LogP contribution in [-0.4, -0.2) is 12.4 Å². The van der Waals surface area contributed by atoms with Crippen LogP contribution in [0.2, 0.25) is 0 Å². The molecule has 3 nitrogen and oxygen atoms in total. The Labute approximate surface area is 155 Å². The van der Waals surface area contributed by atoms with Crippen LogP contribution in [0.1, 0.15) is 13.8 Å². The number of nitrogens with one attached hydrogen (secondary N) is 2. The van der Waals surface area contributed by atoms with Crippen molar-refractivity contribution in [1.82, 2.24) is 0 Å². The second-order valence-electron chi connectivity index (χ2n) is 6.32. The molecule has 0 saturated carbocycles. The second kappa shape index (κ2) is 6.46. The number of allylic oxidation sites excluding steroid dienone is 2. The van der Waals surface area contributed by atoms with Crippen molar-refractivity contribution in [3.05, 3.63) is 69.6 Å². The van der Waals surface area contributed by atoms with E-state index >= 15 is 0 Å². The third-order valence-electron chi connectivity index (χ3n) is 4.66.